The number of nitrogens with two attached hydrogens (primary N) is 1. The minimum absolute atomic E-state index is 0.760. The fraction of sp³-hybridized carbons (Fsp3) is 0.538. The summed E-state index contributed by atoms with van der Waals surface area (Å²) in [7, 11) is 0. The van der Waals surface area contributed by atoms with Crippen molar-refractivity contribution >= 4 is 21.6 Å². The molecule has 1 aromatic carbocycles. The zero-order chi connectivity index (χ0) is 12.3. The molecule has 0 spiro atoms. The molecule has 4 heteroatoms. The van der Waals surface area contributed by atoms with Gasteiger partial charge in [0.2, 0.25) is 0 Å². The highest BCUT2D eigenvalue weighted by Gasteiger charge is 2.16. The van der Waals surface area contributed by atoms with Gasteiger partial charge in [-0.25, -0.2) is 0 Å². The Balaban J connectivity index is 1.98. The lowest BCUT2D eigenvalue weighted by Crippen LogP contribution is -2.47. The standard InChI is InChI=1S/C13H20BrN3/c1-11-2-3-12(10-13(11)14)17-8-6-16(5-4-15)7-9-17/h2-3,10H,4-9,15H2,1H3. The van der Waals surface area contributed by atoms with Gasteiger partial charge in [0.05, 0.1) is 0 Å². The number of hydrogen-bond acceptors (Lipinski definition) is 3. The number of nitrogens with zero attached hydrogens (tertiary/aromatic N) is 2. The van der Waals surface area contributed by atoms with Gasteiger partial charge in [0.1, 0.15) is 0 Å². The van der Waals surface area contributed by atoms with E-state index in [-0.39, 0.29) is 0 Å². The van der Waals surface area contributed by atoms with Gasteiger partial charge >= 0.3 is 0 Å². The molecule has 1 saturated heterocycles. The van der Waals surface area contributed by atoms with E-state index in [1.807, 2.05) is 0 Å². The topological polar surface area (TPSA) is 32.5 Å². The molecule has 3 nitrogen and oxygen atoms in total. The van der Waals surface area contributed by atoms with Crippen LogP contribution in [-0.2, 0) is 0 Å². The fourth-order valence-electron chi connectivity index (χ4n) is 2.19. The highest BCUT2D eigenvalue weighted by molar-refractivity contribution is 9.10. The van der Waals surface area contributed by atoms with E-state index in [9.17, 15) is 0 Å². The van der Waals surface area contributed by atoms with E-state index in [4.69, 9.17) is 5.73 Å². The number of aryl methyl sites for hydroxylation is 1. The number of rotatable bonds is 3. The molecule has 0 atom stereocenters. The second-order valence-electron chi connectivity index (χ2n) is 4.55. The first-order chi connectivity index (χ1) is 8.20. The molecule has 1 aliphatic heterocycles. The van der Waals surface area contributed by atoms with E-state index in [2.05, 4.69) is 50.9 Å². The smallest absolute Gasteiger partial charge is 0.0378 e. The van der Waals surface area contributed by atoms with Gasteiger partial charge in [0.15, 0.2) is 0 Å². The maximum atomic E-state index is 5.58. The second-order valence-corrected chi connectivity index (χ2v) is 5.41. The molecular weight excluding hydrogens is 278 g/mol. The van der Waals surface area contributed by atoms with Crippen LogP contribution in [0.25, 0.3) is 0 Å². The number of anilines is 1. The Morgan fingerprint density at radius 3 is 2.53 bits per heavy atom. The molecule has 2 rings (SSSR count). The van der Waals surface area contributed by atoms with Gasteiger partial charge < -0.3 is 10.6 Å². The molecule has 0 unspecified atom stereocenters. The highest BCUT2D eigenvalue weighted by Crippen LogP contribution is 2.24. The number of hydrogen-bond donors (Lipinski definition) is 1. The summed E-state index contributed by atoms with van der Waals surface area (Å²) in [5, 5.41) is 0. The summed E-state index contributed by atoms with van der Waals surface area (Å²) in [6.45, 7) is 8.31. The Morgan fingerprint density at radius 1 is 1.24 bits per heavy atom. The van der Waals surface area contributed by atoms with Crippen molar-refractivity contribution in [3.8, 4) is 0 Å². The molecule has 2 N–H and O–H groups in total. The molecule has 1 aromatic rings. The Hall–Kier alpha value is -0.580. The van der Waals surface area contributed by atoms with Crippen molar-refractivity contribution in [1.29, 1.82) is 0 Å². The van der Waals surface area contributed by atoms with E-state index in [1.54, 1.807) is 0 Å². The van der Waals surface area contributed by atoms with Gasteiger partial charge in [0.25, 0.3) is 0 Å². The minimum atomic E-state index is 0.760. The summed E-state index contributed by atoms with van der Waals surface area (Å²) in [5.74, 6) is 0. The number of piperazine rings is 1. The Bertz CT molecular complexity index is 373. The fourth-order valence-corrected chi connectivity index (χ4v) is 2.56. The van der Waals surface area contributed by atoms with Crippen LogP contribution < -0.4 is 10.6 Å². The Labute approximate surface area is 112 Å². The quantitative estimate of drug-likeness (QED) is 0.924. The van der Waals surface area contributed by atoms with Crippen LogP contribution >= 0.6 is 15.9 Å². The van der Waals surface area contributed by atoms with Crippen molar-refractivity contribution in [3.63, 3.8) is 0 Å². The maximum absolute atomic E-state index is 5.58. The second kappa shape index (κ2) is 5.85. The number of halogens is 1. The zero-order valence-corrected chi connectivity index (χ0v) is 11.9. The van der Waals surface area contributed by atoms with E-state index in [1.165, 1.54) is 15.7 Å². The van der Waals surface area contributed by atoms with Crippen molar-refractivity contribution < 1.29 is 0 Å². The first-order valence-corrected chi connectivity index (χ1v) is 6.93. The van der Waals surface area contributed by atoms with Crippen molar-refractivity contribution in [2.24, 2.45) is 5.73 Å². The summed E-state index contributed by atoms with van der Waals surface area (Å²) in [4.78, 5) is 4.87. The molecule has 1 aliphatic rings. The Morgan fingerprint density at radius 2 is 1.94 bits per heavy atom. The van der Waals surface area contributed by atoms with Crippen LogP contribution in [0.15, 0.2) is 22.7 Å². The summed E-state index contributed by atoms with van der Waals surface area (Å²) in [6.07, 6.45) is 0. The predicted molar refractivity (Wildman–Crippen MR) is 76.6 cm³/mol. The van der Waals surface area contributed by atoms with Gasteiger partial charge in [-0.3, -0.25) is 4.90 Å². The number of benzene rings is 1. The van der Waals surface area contributed by atoms with Gasteiger partial charge in [-0.2, -0.15) is 0 Å². The average molecular weight is 298 g/mol. The van der Waals surface area contributed by atoms with Crippen LogP contribution in [0.5, 0.6) is 0 Å². The van der Waals surface area contributed by atoms with Crippen LogP contribution in [0.4, 0.5) is 5.69 Å². The monoisotopic (exact) mass is 297 g/mol. The van der Waals surface area contributed by atoms with Crippen LogP contribution in [0.2, 0.25) is 0 Å². The van der Waals surface area contributed by atoms with Crippen molar-refractivity contribution in [2.75, 3.05) is 44.2 Å². The third-order valence-electron chi connectivity index (χ3n) is 3.34. The molecule has 1 heterocycles. The third-order valence-corrected chi connectivity index (χ3v) is 4.19. The van der Waals surface area contributed by atoms with Crippen LogP contribution in [0, 0.1) is 6.92 Å². The van der Waals surface area contributed by atoms with Gasteiger partial charge in [-0.1, -0.05) is 22.0 Å². The Kier molecular flexibility index (Phi) is 4.42. The molecule has 0 amide bonds. The summed E-state index contributed by atoms with van der Waals surface area (Å²) >= 11 is 3.60. The molecule has 0 aromatic heterocycles. The van der Waals surface area contributed by atoms with E-state index in [0.717, 1.165) is 39.3 Å². The lowest BCUT2D eigenvalue weighted by atomic mass is 10.2. The van der Waals surface area contributed by atoms with Gasteiger partial charge in [0, 0.05) is 49.4 Å². The molecule has 94 valence electrons. The molecule has 1 fully saturated rings. The van der Waals surface area contributed by atoms with Crippen LogP contribution in [-0.4, -0.2) is 44.2 Å². The zero-order valence-electron chi connectivity index (χ0n) is 10.3. The molecular formula is C13H20BrN3. The summed E-state index contributed by atoms with van der Waals surface area (Å²) in [6, 6.07) is 6.60. The van der Waals surface area contributed by atoms with E-state index < -0.39 is 0 Å². The van der Waals surface area contributed by atoms with E-state index >= 15 is 0 Å². The summed E-state index contributed by atoms with van der Waals surface area (Å²) in [5.41, 5.74) is 8.18. The first kappa shape index (κ1) is 12.9. The first-order valence-electron chi connectivity index (χ1n) is 6.14. The molecule has 17 heavy (non-hydrogen) atoms. The van der Waals surface area contributed by atoms with Gasteiger partial charge in [-0.15, -0.1) is 0 Å². The molecule has 0 saturated carbocycles. The predicted octanol–water partition coefficient (Wildman–Crippen LogP) is 1.84. The summed E-state index contributed by atoms with van der Waals surface area (Å²) < 4.78 is 1.19. The maximum Gasteiger partial charge on any atom is 0.0378 e. The molecule has 0 aliphatic carbocycles. The average Bonchev–Trinajstić information content (AvgIpc) is 2.34. The normalized spacial score (nSPS) is 17.5. The van der Waals surface area contributed by atoms with E-state index in [0.29, 0.717) is 0 Å². The van der Waals surface area contributed by atoms with Crippen LogP contribution in [0.3, 0.4) is 0 Å². The van der Waals surface area contributed by atoms with Crippen LogP contribution in [0.1, 0.15) is 5.56 Å². The largest absolute Gasteiger partial charge is 0.369 e. The lowest BCUT2D eigenvalue weighted by molar-refractivity contribution is 0.265. The molecule has 0 radical (unpaired) electrons. The minimum Gasteiger partial charge on any atom is -0.369 e. The van der Waals surface area contributed by atoms with Crippen molar-refractivity contribution in [2.45, 2.75) is 6.92 Å². The highest BCUT2D eigenvalue weighted by atomic mass is 79.9. The van der Waals surface area contributed by atoms with Gasteiger partial charge in [-0.05, 0) is 24.6 Å². The lowest BCUT2D eigenvalue weighted by Gasteiger charge is -2.36. The SMILES string of the molecule is Cc1ccc(N2CCN(CCN)CC2)cc1Br. The molecule has 0 bridgehead atoms. The van der Waals surface area contributed by atoms with Crippen molar-refractivity contribution in [1.82, 2.24) is 4.90 Å². The van der Waals surface area contributed by atoms with Crippen molar-refractivity contribution in [3.05, 3.63) is 28.2 Å². The third kappa shape index (κ3) is 3.21.